The van der Waals surface area contributed by atoms with Crippen LogP contribution >= 0.6 is 11.3 Å². The van der Waals surface area contributed by atoms with E-state index in [1.54, 1.807) is 24.5 Å². The fourth-order valence-electron chi connectivity index (χ4n) is 6.31. The number of methoxy groups -OCH3 is 1. The number of nitrogens with zero attached hydrogens (tertiary/aromatic N) is 2. The number of thiazole rings is 1. The summed E-state index contributed by atoms with van der Waals surface area (Å²) in [6.45, 7) is 1.99. The van der Waals surface area contributed by atoms with Crippen LogP contribution in [-0.2, 0) is 15.1 Å². The molecule has 1 saturated heterocycles. The van der Waals surface area contributed by atoms with Crippen molar-refractivity contribution < 1.29 is 28.7 Å². The second-order valence-corrected chi connectivity index (χ2v) is 13.0. The van der Waals surface area contributed by atoms with Gasteiger partial charge in [0.05, 0.1) is 28.5 Å². The largest absolute Gasteiger partial charge is 0.494 e. The molecule has 4 aliphatic rings. The molecule has 3 N–H and O–H groups in total. The molecule has 2 aromatic carbocycles. The first-order valence-electron chi connectivity index (χ1n) is 14.6. The number of nitrogens with one attached hydrogen (secondary N) is 3. The average Bonchev–Trinajstić information content (AvgIpc) is 3.67. The van der Waals surface area contributed by atoms with Crippen LogP contribution in [0.4, 0.5) is 10.5 Å². The minimum Gasteiger partial charge on any atom is -0.494 e. The molecule has 11 nitrogen and oxygen atoms in total. The third kappa shape index (κ3) is 4.64. The van der Waals surface area contributed by atoms with Gasteiger partial charge in [0.15, 0.2) is 0 Å². The summed E-state index contributed by atoms with van der Waals surface area (Å²) in [4.78, 5) is 69.4. The van der Waals surface area contributed by atoms with Crippen molar-refractivity contribution in [2.45, 2.75) is 69.4 Å². The average molecular weight is 602 g/mol. The Bertz CT molecular complexity index is 1730. The van der Waals surface area contributed by atoms with Crippen molar-refractivity contribution >= 4 is 56.9 Å². The van der Waals surface area contributed by atoms with Crippen molar-refractivity contribution in [1.29, 1.82) is 0 Å². The fraction of sp³-hybridized carbons (Fsp3) is 0.419. The Morgan fingerprint density at radius 2 is 1.81 bits per heavy atom. The molecule has 222 valence electrons. The molecule has 7 rings (SSSR count). The van der Waals surface area contributed by atoms with Crippen molar-refractivity contribution in [2.24, 2.45) is 5.92 Å². The molecule has 1 unspecified atom stereocenters. The lowest BCUT2D eigenvalue weighted by molar-refractivity contribution is -0.136. The quantitative estimate of drug-likeness (QED) is 0.340. The zero-order valence-corrected chi connectivity index (χ0v) is 24.6. The third-order valence-corrected chi connectivity index (χ3v) is 10.4. The standard InChI is InChI=1S/C31H31N5O6S/c1-31(17-6-7-17,29-34-25-22(42-2)12-16(13-23(25)43-29)15-4-3-5-15)35-30(41)32-18-8-9-19-20(14-18)28(40)36(27(19)39)21-10-11-24(37)33-26(21)38/h8-9,12-15,17,21H,3-7,10-11H2,1-2H3,(H2,32,35,41)(H,33,37,38)/t21?,31-/m1/s1. The molecule has 2 atom stereocenters. The zero-order chi connectivity index (χ0) is 30.0. The Hall–Kier alpha value is -4.32. The van der Waals surface area contributed by atoms with Crippen LogP contribution in [0.15, 0.2) is 30.3 Å². The Morgan fingerprint density at radius 3 is 2.49 bits per heavy atom. The topological polar surface area (TPSA) is 147 Å². The normalized spacial score (nSPS) is 21.7. The number of amides is 6. The second kappa shape index (κ2) is 10.1. The summed E-state index contributed by atoms with van der Waals surface area (Å²) in [6.07, 6.45) is 5.64. The Labute approximate surface area is 251 Å². The maximum atomic E-state index is 13.4. The molecule has 2 aliphatic carbocycles. The lowest BCUT2D eigenvalue weighted by atomic mass is 9.80. The summed E-state index contributed by atoms with van der Waals surface area (Å²) in [7, 11) is 1.66. The van der Waals surface area contributed by atoms with Crippen LogP contribution in [0.3, 0.4) is 0 Å². The SMILES string of the molecule is COc1cc(C2CCC2)cc2sc([C@](C)(NC(=O)Nc3ccc4c(c3)C(=O)N(C3CCC(=O)NC3=O)C4=O)C3CC3)nc12. The van der Waals surface area contributed by atoms with Crippen LogP contribution in [0.1, 0.15) is 89.1 Å². The van der Waals surface area contributed by atoms with Gasteiger partial charge in [0.1, 0.15) is 22.3 Å². The van der Waals surface area contributed by atoms with E-state index in [-0.39, 0.29) is 29.9 Å². The van der Waals surface area contributed by atoms with E-state index in [2.05, 4.69) is 28.1 Å². The lowest BCUT2D eigenvalue weighted by Crippen LogP contribution is -2.54. The first kappa shape index (κ1) is 27.5. The Kier molecular flexibility index (Phi) is 6.49. The molecular formula is C31H31N5O6S. The lowest BCUT2D eigenvalue weighted by Gasteiger charge is -2.29. The van der Waals surface area contributed by atoms with Gasteiger partial charge in [-0.05, 0) is 86.8 Å². The molecule has 1 aromatic heterocycles. The highest BCUT2D eigenvalue weighted by Gasteiger charge is 2.47. The van der Waals surface area contributed by atoms with Gasteiger partial charge >= 0.3 is 6.03 Å². The summed E-state index contributed by atoms with van der Waals surface area (Å²) in [6, 6.07) is 7.24. The number of carbonyl (C=O) groups is 5. The number of rotatable bonds is 7. The number of hydrogen-bond acceptors (Lipinski definition) is 8. The molecule has 3 aromatic rings. The van der Waals surface area contributed by atoms with E-state index in [0.717, 1.165) is 38.7 Å². The van der Waals surface area contributed by atoms with Gasteiger partial charge in [0, 0.05) is 12.1 Å². The molecule has 2 aliphatic heterocycles. The van der Waals surface area contributed by atoms with Crippen LogP contribution in [0.25, 0.3) is 10.2 Å². The highest BCUT2D eigenvalue weighted by atomic mass is 32.1. The van der Waals surface area contributed by atoms with Gasteiger partial charge in [0.2, 0.25) is 11.8 Å². The number of benzene rings is 2. The number of imide groups is 2. The van der Waals surface area contributed by atoms with Crippen molar-refractivity contribution in [1.82, 2.24) is 20.5 Å². The molecule has 0 bridgehead atoms. The molecule has 12 heteroatoms. The monoisotopic (exact) mass is 601 g/mol. The van der Waals surface area contributed by atoms with Gasteiger partial charge in [-0.15, -0.1) is 11.3 Å². The number of carbonyl (C=O) groups excluding carboxylic acids is 5. The number of piperidine rings is 1. The summed E-state index contributed by atoms with van der Waals surface area (Å²) in [5.41, 5.74) is 1.91. The number of ether oxygens (including phenoxy) is 1. The molecule has 2 saturated carbocycles. The molecule has 43 heavy (non-hydrogen) atoms. The van der Waals surface area contributed by atoms with Crippen molar-refractivity contribution in [3.63, 3.8) is 0 Å². The highest BCUT2D eigenvalue weighted by Crippen LogP contribution is 2.49. The van der Waals surface area contributed by atoms with Crippen LogP contribution in [0.5, 0.6) is 5.75 Å². The van der Waals surface area contributed by atoms with Gasteiger partial charge in [-0.25, -0.2) is 9.78 Å². The van der Waals surface area contributed by atoms with E-state index < -0.39 is 41.2 Å². The maximum Gasteiger partial charge on any atom is 0.320 e. The molecule has 3 heterocycles. The summed E-state index contributed by atoms with van der Waals surface area (Å²) in [5.74, 6) is -0.824. The smallest absolute Gasteiger partial charge is 0.320 e. The number of aromatic nitrogens is 1. The minimum absolute atomic E-state index is 0.0413. The van der Waals surface area contributed by atoms with Crippen molar-refractivity contribution in [2.75, 3.05) is 12.4 Å². The molecule has 6 amide bonds. The molecule has 3 fully saturated rings. The van der Waals surface area contributed by atoms with E-state index in [4.69, 9.17) is 9.72 Å². The van der Waals surface area contributed by atoms with Gasteiger partial charge in [0.25, 0.3) is 11.8 Å². The van der Waals surface area contributed by atoms with E-state index in [1.807, 2.05) is 6.92 Å². The summed E-state index contributed by atoms with van der Waals surface area (Å²) < 4.78 is 6.75. The number of fused-ring (bicyclic) bond motifs is 2. The number of hydrogen-bond donors (Lipinski definition) is 3. The van der Waals surface area contributed by atoms with Gasteiger partial charge in [-0.1, -0.05) is 6.42 Å². The summed E-state index contributed by atoms with van der Waals surface area (Å²) in [5, 5.41) is 8.95. The fourth-order valence-corrected chi connectivity index (χ4v) is 7.52. The van der Waals surface area contributed by atoms with E-state index in [9.17, 15) is 24.0 Å². The van der Waals surface area contributed by atoms with Gasteiger partial charge in [-0.3, -0.25) is 29.4 Å². The first-order chi connectivity index (χ1) is 20.7. The Balaban J connectivity index is 1.11. The second-order valence-electron chi connectivity index (χ2n) is 12.0. The zero-order valence-electron chi connectivity index (χ0n) is 23.8. The van der Waals surface area contributed by atoms with Crippen LogP contribution < -0.4 is 20.7 Å². The predicted octanol–water partition coefficient (Wildman–Crippen LogP) is 4.42. The van der Waals surface area contributed by atoms with Crippen molar-refractivity contribution in [3.05, 3.63) is 52.0 Å². The number of urea groups is 1. The maximum absolute atomic E-state index is 13.4. The third-order valence-electron chi connectivity index (χ3n) is 9.19. The number of anilines is 1. The highest BCUT2D eigenvalue weighted by molar-refractivity contribution is 7.18. The van der Waals surface area contributed by atoms with Crippen LogP contribution in [-0.4, -0.2) is 52.7 Å². The first-order valence-corrected chi connectivity index (χ1v) is 15.4. The van der Waals surface area contributed by atoms with Crippen LogP contribution in [0, 0.1) is 5.92 Å². The molecule has 0 spiro atoms. The Morgan fingerprint density at radius 1 is 1.05 bits per heavy atom. The van der Waals surface area contributed by atoms with E-state index in [0.29, 0.717) is 11.6 Å². The molecule has 0 radical (unpaired) electrons. The van der Waals surface area contributed by atoms with Crippen molar-refractivity contribution in [3.8, 4) is 5.75 Å². The van der Waals surface area contributed by atoms with Gasteiger partial charge in [-0.2, -0.15) is 0 Å². The van der Waals surface area contributed by atoms with E-state index >= 15 is 0 Å². The summed E-state index contributed by atoms with van der Waals surface area (Å²) >= 11 is 1.57. The predicted molar refractivity (Wildman–Crippen MR) is 158 cm³/mol. The van der Waals surface area contributed by atoms with Gasteiger partial charge < -0.3 is 15.4 Å². The molecular weight excluding hydrogens is 570 g/mol. The minimum atomic E-state index is -1.05. The van der Waals surface area contributed by atoms with E-state index in [1.165, 1.54) is 37.0 Å². The van der Waals surface area contributed by atoms with Crippen LogP contribution in [0.2, 0.25) is 0 Å².